The van der Waals surface area contributed by atoms with Crippen LogP contribution in [-0.4, -0.2) is 22.8 Å². The number of methoxy groups -OCH3 is 1. The lowest BCUT2D eigenvalue weighted by Gasteiger charge is -2.03. The molecule has 1 rings (SSSR count). The van der Waals surface area contributed by atoms with Crippen LogP contribution in [0.4, 0.5) is 0 Å². The third kappa shape index (κ3) is 3.82. The van der Waals surface area contributed by atoms with Crippen LogP contribution in [0.1, 0.15) is 19.2 Å². The minimum absolute atomic E-state index is 0.403. The van der Waals surface area contributed by atoms with Crippen LogP contribution in [0.25, 0.3) is 0 Å². The van der Waals surface area contributed by atoms with E-state index >= 15 is 0 Å². The summed E-state index contributed by atoms with van der Waals surface area (Å²) < 4.78 is 4.95. The summed E-state index contributed by atoms with van der Waals surface area (Å²) >= 11 is 7.53. The number of ether oxygens (including phenoxy) is 1. The number of halogens is 1. The normalized spacial score (nSPS) is 10.5. The lowest BCUT2D eigenvalue weighted by atomic mass is 10.6. The molecule has 0 atom stereocenters. The van der Waals surface area contributed by atoms with Crippen molar-refractivity contribution in [3.05, 3.63) is 17.0 Å². The molecular formula is C9H13ClN2OS. The molecule has 0 bridgehead atoms. The predicted octanol–water partition coefficient (Wildman–Crippen LogP) is 2.78. The van der Waals surface area contributed by atoms with E-state index in [1.54, 1.807) is 24.9 Å². The standard InChI is InChI=1S/C9H13ClN2OS/c1-3-4-14-9-5-7(10)11-8(12-9)6-13-2/h5H,3-4,6H2,1-2H3. The summed E-state index contributed by atoms with van der Waals surface area (Å²) in [6.45, 7) is 2.53. The first-order valence-corrected chi connectivity index (χ1v) is 5.77. The molecular weight excluding hydrogens is 220 g/mol. The Hall–Kier alpha value is -0.320. The van der Waals surface area contributed by atoms with Gasteiger partial charge in [0.25, 0.3) is 0 Å². The van der Waals surface area contributed by atoms with Gasteiger partial charge in [-0.25, -0.2) is 9.97 Å². The van der Waals surface area contributed by atoms with Crippen LogP contribution in [-0.2, 0) is 11.3 Å². The topological polar surface area (TPSA) is 35.0 Å². The molecule has 0 aliphatic rings. The minimum atomic E-state index is 0.403. The number of thioether (sulfide) groups is 1. The monoisotopic (exact) mass is 232 g/mol. The van der Waals surface area contributed by atoms with E-state index in [4.69, 9.17) is 16.3 Å². The first kappa shape index (κ1) is 11.8. The van der Waals surface area contributed by atoms with Crippen molar-refractivity contribution in [3.8, 4) is 0 Å². The molecule has 0 saturated heterocycles. The lowest BCUT2D eigenvalue weighted by Crippen LogP contribution is -1.98. The van der Waals surface area contributed by atoms with E-state index in [9.17, 15) is 0 Å². The van der Waals surface area contributed by atoms with E-state index in [0.717, 1.165) is 17.2 Å². The van der Waals surface area contributed by atoms with E-state index in [1.807, 2.05) is 0 Å². The molecule has 78 valence electrons. The van der Waals surface area contributed by atoms with Gasteiger partial charge in [-0.15, -0.1) is 11.8 Å². The zero-order chi connectivity index (χ0) is 10.4. The van der Waals surface area contributed by atoms with Gasteiger partial charge in [-0.05, 0) is 12.2 Å². The van der Waals surface area contributed by atoms with Gasteiger partial charge in [0.1, 0.15) is 16.8 Å². The van der Waals surface area contributed by atoms with Crippen molar-refractivity contribution in [2.45, 2.75) is 25.0 Å². The Kier molecular flexibility index (Phi) is 5.22. The molecule has 0 fully saturated rings. The van der Waals surface area contributed by atoms with Crippen molar-refractivity contribution in [2.75, 3.05) is 12.9 Å². The van der Waals surface area contributed by atoms with Gasteiger partial charge in [0.05, 0.1) is 0 Å². The predicted molar refractivity (Wildman–Crippen MR) is 58.8 cm³/mol. The van der Waals surface area contributed by atoms with Crippen LogP contribution < -0.4 is 0 Å². The van der Waals surface area contributed by atoms with Crippen molar-refractivity contribution in [1.82, 2.24) is 9.97 Å². The fourth-order valence-electron chi connectivity index (χ4n) is 0.916. The van der Waals surface area contributed by atoms with Gasteiger partial charge in [0, 0.05) is 13.2 Å². The minimum Gasteiger partial charge on any atom is -0.377 e. The largest absolute Gasteiger partial charge is 0.377 e. The highest BCUT2D eigenvalue weighted by Crippen LogP contribution is 2.19. The third-order valence-corrected chi connectivity index (χ3v) is 2.76. The molecule has 0 radical (unpaired) electrons. The zero-order valence-electron chi connectivity index (χ0n) is 8.29. The number of hydrogen-bond donors (Lipinski definition) is 0. The maximum Gasteiger partial charge on any atom is 0.156 e. The highest BCUT2D eigenvalue weighted by molar-refractivity contribution is 7.99. The van der Waals surface area contributed by atoms with Gasteiger partial charge in [-0.2, -0.15) is 0 Å². The van der Waals surface area contributed by atoms with Crippen molar-refractivity contribution in [2.24, 2.45) is 0 Å². The number of rotatable bonds is 5. The first-order valence-electron chi connectivity index (χ1n) is 4.41. The van der Waals surface area contributed by atoms with Crippen molar-refractivity contribution < 1.29 is 4.74 Å². The Morgan fingerprint density at radius 3 is 2.93 bits per heavy atom. The highest BCUT2D eigenvalue weighted by atomic mass is 35.5. The summed E-state index contributed by atoms with van der Waals surface area (Å²) in [5.74, 6) is 1.68. The van der Waals surface area contributed by atoms with Crippen molar-refractivity contribution in [3.63, 3.8) is 0 Å². The van der Waals surface area contributed by atoms with Gasteiger partial charge in [0.15, 0.2) is 5.82 Å². The molecule has 3 nitrogen and oxygen atoms in total. The second kappa shape index (κ2) is 6.22. The van der Waals surface area contributed by atoms with Crippen molar-refractivity contribution >= 4 is 23.4 Å². The van der Waals surface area contributed by atoms with Gasteiger partial charge >= 0.3 is 0 Å². The van der Waals surface area contributed by atoms with E-state index in [-0.39, 0.29) is 0 Å². The van der Waals surface area contributed by atoms with Crippen LogP contribution in [0.15, 0.2) is 11.1 Å². The van der Waals surface area contributed by atoms with Gasteiger partial charge in [-0.1, -0.05) is 18.5 Å². The number of aromatic nitrogens is 2. The second-order valence-corrected chi connectivity index (χ2v) is 4.23. The molecule has 1 aromatic heterocycles. The van der Waals surface area contributed by atoms with Crippen LogP contribution >= 0.6 is 23.4 Å². The molecule has 1 aromatic rings. The average molecular weight is 233 g/mol. The van der Waals surface area contributed by atoms with E-state index in [1.165, 1.54) is 0 Å². The molecule has 5 heteroatoms. The molecule has 0 saturated carbocycles. The Bertz CT molecular complexity index is 296. The molecule has 0 aliphatic carbocycles. The van der Waals surface area contributed by atoms with Crippen LogP contribution in [0, 0.1) is 0 Å². The van der Waals surface area contributed by atoms with Gasteiger partial charge < -0.3 is 4.74 Å². The summed E-state index contributed by atoms with van der Waals surface area (Å²) in [6.07, 6.45) is 1.12. The molecule has 0 unspecified atom stereocenters. The quantitative estimate of drug-likeness (QED) is 0.578. The third-order valence-electron chi connectivity index (χ3n) is 1.45. The Morgan fingerprint density at radius 2 is 2.29 bits per heavy atom. The molecule has 0 aromatic carbocycles. The molecule has 0 aliphatic heterocycles. The van der Waals surface area contributed by atoms with Gasteiger partial charge in [0.2, 0.25) is 0 Å². The molecule has 14 heavy (non-hydrogen) atoms. The second-order valence-electron chi connectivity index (χ2n) is 2.73. The first-order chi connectivity index (χ1) is 6.76. The Morgan fingerprint density at radius 1 is 1.50 bits per heavy atom. The summed E-state index contributed by atoms with van der Waals surface area (Å²) in [5.41, 5.74) is 0. The maximum absolute atomic E-state index is 5.84. The lowest BCUT2D eigenvalue weighted by molar-refractivity contribution is 0.177. The van der Waals surface area contributed by atoms with E-state index in [0.29, 0.717) is 17.6 Å². The smallest absolute Gasteiger partial charge is 0.156 e. The van der Waals surface area contributed by atoms with Gasteiger partial charge in [-0.3, -0.25) is 0 Å². The fraction of sp³-hybridized carbons (Fsp3) is 0.556. The van der Waals surface area contributed by atoms with Crippen LogP contribution in [0.2, 0.25) is 5.15 Å². The average Bonchev–Trinajstić information content (AvgIpc) is 2.14. The van der Waals surface area contributed by atoms with Crippen LogP contribution in [0.3, 0.4) is 0 Å². The van der Waals surface area contributed by atoms with Crippen LogP contribution in [0.5, 0.6) is 0 Å². The molecule has 0 spiro atoms. The molecule has 0 amide bonds. The molecule has 0 N–H and O–H groups in total. The summed E-state index contributed by atoms with van der Waals surface area (Å²) in [5, 5.41) is 1.39. The number of hydrogen-bond acceptors (Lipinski definition) is 4. The SMILES string of the molecule is CCCSc1cc(Cl)nc(COC)n1. The summed E-state index contributed by atoms with van der Waals surface area (Å²) in [7, 11) is 1.61. The van der Waals surface area contributed by atoms with E-state index < -0.39 is 0 Å². The molecule has 1 heterocycles. The zero-order valence-corrected chi connectivity index (χ0v) is 9.86. The Labute approximate surface area is 93.2 Å². The highest BCUT2D eigenvalue weighted by Gasteiger charge is 2.02. The fourth-order valence-corrected chi connectivity index (χ4v) is 1.96. The van der Waals surface area contributed by atoms with E-state index in [2.05, 4.69) is 16.9 Å². The number of nitrogens with zero attached hydrogens (tertiary/aromatic N) is 2. The maximum atomic E-state index is 5.84. The summed E-state index contributed by atoms with van der Waals surface area (Å²) in [6, 6.07) is 1.78. The van der Waals surface area contributed by atoms with Crippen molar-refractivity contribution in [1.29, 1.82) is 0 Å². The summed E-state index contributed by atoms with van der Waals surface area (Å²) in [4.78, 5) is 8.35. The Balaban J connectivity index is 2.73.